The van der Waals surface area contributed by atoms with E-state index in [1.54, 1.807) is 0 Å². The Balaban J connectivity index is 0. The molecule has 0 fully saturated rings. The zero-order chi connectivity index (χ0) is 0. The minimum atomic E-state index is 0. The summed E-state index contributed by atoms with van der Waals surface area (Å²) in [5.41, 5.74) is 0. The fourth-order valence-electron chi connectivity index (χ4n) is 0. The second-order valence-corrected chi connectivity index (χ2v) is 0. The Hall–Kier alpha value is 3.33. The molecular formula is H3I2NaSc. The van der Waals surface area contributed by atoms with E-state index in [0.717, 1.165) is 0 Å². The van der Waals surface area contributed by atoms with Gasteiger partial charge < -0.3 is 1.43 Å². The summed E-state index contributed by atoms with van der Waals surface area (Å²) in [5, 5.41) is 0. The Bertz CT molecular complexity index is 9.61. The molecule has 21 valence electrons. The molecule has 0 aliphatic heterocycles. The average Bonchev–Trinajstić information content (AvgIpc) is 0. The standard InChI is InChI=1S/2HI.Na.Sc.H/h2*1H;;;/q;;+1;;-1. The van der Waals surface area contributed by atoms with Gasteiger partial charge in [-0.05, 0) is 0 Å². The van der Waals surface area contributed by atoms with Crippen molar-refractivity contribution in [3.05, 3.63) is 0 Å². The SMILES string of the molecule is I.I.[H-].[Na+].[Sc]. The van der Waals surface area contributed by atoms with Crippen LogP contribution in [0, 0.1) is 0 Å². The molecule has 0 atom stereocenters. The van der Waals surface area contributed by atoms with Gasteiger partial charge in [-0.1, -0.05) is 0 Å². The van der Waals surface area contributed by atoms with Crippen molar-refractivity contribution >= 4 is 48.0 Å². The minimum absolute atomic E-state index is 0. The van der Waals surface area contributed by atoms with E-state index in [4.69, 9.17) is 0 Å². The van der Waals surface area contributed by atoms with Gasteiger partial charge in [0.15, 0.2) is 0 Å². The Labute approximate surface area is 102 Å². The smallest absolute Gasteiger partial charge is 1.00 e. The van der Waals surface area contributed by atoms with E-state index in [1.165, 1.54) is 0 Å². The van der Waals surface area contributed by atoms with Crippen molar-refractivity contribution in [3.63, 3.8) is 0 Å². The van der Waals surface area contributed by atoms with Crippen molar-refractivity contribution in [2.45, 2.75) is 0 Å². The van der Waals surface area contributed by atoms with Gasteiger partial charge in [0.2, 0.25) is 0 Å². The van der Waals surface area contributed by atoms with Crippen LogP contribution in [0.5, 0.6) is 0 Å². The van der Waals surface area contributed by atoms with Gasteiger partial charge in [-0.25, -0.2) is 0 Å². The summed E-state index contributed by atoms with van der Waals surface area (Å²) in [5.74, 6) is 0. The van der Waals surface area contributed by atoms with E-state index in [0.29, 0.717) is 0 Å². The summed E-state index contributed by atoms with van der Waals surface area (Å²) in [7, 11) is 0. The Morgan fingerprint density at radius 2 is 1.00 bits per heavy atom. The molecule has 0 aliphatic rings. The van der Waals surface area contributed by atoms with E-state index in [2.05, 4.69) is 0 Å². The van der Waals surface area contributed by atoms with Gasteiger partial charge in [0, 0.05) is 25.8 Å². The largest absolute Gasteiger partial charge is 1.00 e. The van der Waals surface area contributed by atoms with E-state index in [9.17, 15) is 0 Å². The van der Waals surface area contributed by atoms with E-state index in [-0.39, 0.29) is 105 Å². The molecule has 0 saturated heterocycles. The number of halogens is 2. The van der Waals surface area contributed by atoms with Crippen molar-refractivity contribution in [3.8, 4) is 0 Å². The summed E-state index contributed by atoms with van der Waals surface area (Å²) in [6, 6.07) is 0. The van der Waals surface area contributed by atoms with Gasteiger partial charge in [-0.2, -0.15) is 0 Å². The molecule has 0 unspecified atom stereocenters. The third-order valence-corrected chi connectivity index (χ3v) is 0. The molecule has 4 heavy (non-hydrogen) atoms. The van der Waals surface area contributed by atoms with Gasteiger partial charge >= 0.3 is 29.6 Å². The van der Waals surface area contributed by atoms with Crippen LogP contribution in [-0.4, -0.2) is 0 Å². The molecule has 0 N–H and O–H groups in total. The molecule has 0 heterocycles. The Morgan fingerprint density at radius 1 is 1.00 bits per heavy atom. The first-order valence-electron chi connectivity index (χ1n) is 0. The summed E-state index contributed by atoms with van der Waals surface area (Å²) < 4.78 is 0. The van der Waals surface area contributed by atoms with Crippen LogP contribution in [0.25, 0.3) is 0 Å². The molecule has 0 aromatic rings. The molecule has 0 rings (SSSR count). The summed E-state index contributed by atoms with van der Waals surface area (Å²) in [4.78, 5) is 0. The van der Waals surface area contributed by atoms with Crippen LogP contribution in [-0.2, 0) is 25.8 Å². The maximum atomic E-state index is 0. The molecule has 0 saturated carbocycles. The molecule has 0 nitrogen and oxygen atoms in total. The predicted molar refractivity (Wildman–Crippen MR) is 31.9 cm³/mol. The average molecular weight is 325 g/mol. The summed E-state index contributed by atoms with van der Waals surface area (Å²) in [6.45, 7) is 0. The van der Waals surface area contributed by atoms with Crippen molar-refractivity contribution in [2.24, 2.45) is 0 Å². The molecule has 0 aliphatic carbocycles. The van der Waals surface area contributed by atoms with E-state index < -0.39 is 0 Å². The molecule has 4 heteroatoms. The summed E-state index contributed by atoms with van der Waals surface area (Å²) >= 11 is 0. The maximum absolute atomic E-state index is 0. The summed E-state index contributed by atoms with van der Waals surface area (Å²) in [6.07, 6.45) is 0. The van der Waals surface area contributed by atoms with Crippen molar-refractivity contribution in [1.82, 2.24) is 0 Å². The van der Waals surface area contributed by atoms with E-state index in [1.807, 2.05) is 0 Å². The Morgan fingerprint density at radius 3 is 1.00 bits per heavy atom. The topological polar surface area (TPSA) is 0 Å². The number of hydrogen-bond acceptors (Lipinski definition) is 0. The van der Waals surface area contributed by atoms with Gasteiger partial charge in [0.05, 0.1) is 0 Å². The molecule has 0 amide bonds. The van der Waals surface area contributed by atoms with Crippen molar-refractivity contribution in [1.29, 1.82) is 0 Å². The first-order chi connectivity index (χ1) is 0. The van der Waals surface area contributed by atoms with Gasteiger partial charge in [-0.3, -0.25) is 0 Å². The van der Waals surface area contributed by atoms with Gasteiger partial charge in [0.1, 0.15) is 0 Å². The van der Waals surface area contributed by atoms with Crippen LogP contribution in [0.1, 0.15) is 1.43 Å². The predicted octanol–water partition coefficient (Wildman–Crippen LogP) is -1.65. The number of rotatable bonds is 0. The van der Waals surface area contributed by atoms with Crippen LogP contribution in [0.15, 0.2) is 0 Å². The molecule has 0 aromatic carbocycles. The number of hydrogen-bond donors (Lipinski definition) is 0. The Kier molecular flexibility index (Phi) is 107. The molecule has 1 radical (unpaired) electrons. The zero-order valence-corrected chi connectivity index (χ0v) is 10.9. The first-order valence-corrected chi connectivity index (χ1v) is 0. The fraction of sp³-hybridized carbons (Fsp3) is 0. The fourth-order valence-corrected chi connectivity index (χ4v) is 0. The first kappa shape index (κ1) is 26.5. The van der Waals surface area contributed by atoms with Gasteiger partial charge in [-0.15, -0.1) is 48.0 Å². The third kappa shape index (κ3) is 9.01. The van der Waals surface area contributed by atoms with Crippen LogP contribution in [0.4, 0.5) is 0 Å². The minimum Gasteiger partial charge on any atom is -1.00 e. The molecule has 0 spiro atoms. The normalized spacial score (nSPS) is 0. The van der Waals surface area contributed by atoms with Crippen LogP contribution in [0.3, 0.4) is 0 Å². The zero-order valence-electron chi connectivity index (χ0n) is 3.39. The van der Waals surface area contributed by atoms with Crippen LogP contribution >= 0.6 is 48.0 Å². The molecule has 0 aromatic heterocycles. The quantitative estimate of drug-likeness (QED) is 0.370. The second kappa shape index (κ2) is 16.2. The molecular weight excluding hydrogens is 322 g/mol. The van der Waals surface area contributed by atoms with Crippen LogP contribution < -0.4 is 29.6 Å². The van der Waals surface area contributed by atoms with Gasteiger partial charge in [0.25, 0.3) is 0 Å². The second-order valence-electron chi connectivity index (χ2n) is 0. The maximum Gasteiger partial charge on any atom is 1.00 e. The van der Waals surface area contributed by atoms with Crippen molar-refractivity contribution < 1.29 is 56.8 Å². The van der Waals surface area contributed by atoms with Crippen LogP contribution in [0.2, 0.25) is 0 Å². The monoisotopic (exact) mass is 325 g/mol. The van der Waals surface area contributed by atoms with Crippen molar-refractivity contribution in [2.75, 3.05) is 0 Å². The van der Waals surface area contributed by atoms with E-state index >= 15 is 0 Å². The molecule has 0 bridgehead atoms. The third-order valence-electron chi connectivity index (χ3n) is 0.